The number of rotatable bonds is 3. The maximum absolute atomic E-state index is 13.0. The number of benzene rings is 1. The van der Waals surface area contributed by atoms with E-state index in [9.17, 15) is 4.79 Å². The molecule has 6 nitrogen and oxygen atoms in total. The molecule has 0 aliphatic carbocycles. The molecule has 2 aromatic heterocycles. The number of nitrogens with zero attached hydrogens (tertiary/aromatic N) is 5. The molecule has 1 aromatic carbocycles. The van der Waals surface area contributed by atoms with Crippen molar-refractivity contribution in [3.05, 3.63) is 71.8 Å². The second kappa shape index (κ2) is 7.76. The molecule has 0 saturated carbocycles. The van der Waals surface area contributed by atoms with Gasteiger partial charge in [0.15, 0.2) is 0 Å². The molecule has 0 unspecified atom stereocenters. The summed E-state index contributed by atoms with van der Waals surface area (Å²) in [6, 6.07) is 13.7. The topological polar surface area (TPSA) is 62.2 Å². The number of carbonyl (C=O) groups excluding carboxylic acids is 1. The van der Waals surface area contributed by atoms with Gasteiger partial charge in [0, 0.05) is 61.1 Å². The van der Waals surface area contributed by atoms with Crippen molar-refractivity contribution in [3.8, 4) is 11.1 Å². The van der Waals surface area contributed by atoms with E-state index in [4.69, 9.17) is 0 Å². The van der Waals surface area contributed by atoms with E-state index in [2.05, 4.69) is 25.9 Å². The molecule has 4 rings (SSSR count). The number of aromatic nitrogens is 3. The van der Waals surface area contributed by atoms with Crippen LogP contribution in [-0.4, -0.2) is 51.9 Å². The monoisotopic (exact) mass is 373 g/mol. The predicted molar refractivity (Wildman–Crippen MR) is 109 cm³/mol. The van der Waals surface area contributed by atoms with Gasteiger partial charge in [0.2, 0.25) is 5.95 Å². The summed E-state index contributed by atoms with van der Waals surface area (Å²) in [5.74, 6) is 0.784. The Bertz CT molecular complexity index is 981. The van der Waals surface area contributed by atoms with Crippen LogP contribution in [0.5, 0.6) is 0 Å². The number of hydrogen-bond donors (Lipinski definition) is 0. The van der Waals surface area contributed by atoms with Gasteiger partial charge in [0.1, 0.15) is 0 Å². The molecule has 142 valence electrons. The minimum absolute atomic E-state index is 0.0632. The van der Waals surface area contributed by atoms with Crippen molar-refractivity contribution in [2.24, 2.45) is 0 Å². The summed E-state index contributed by atoms with van der Waals surface area (Å²) < 4.78 is 0. The minimum Gasteiger partial charge on any atom is -0.337 e. The molecule has 3 heterocycles. The minimum atomic E-state index is 0.0632. The van der Waals surface area contributed by atoms with Crippen molar-refractivity contribution in [1.82, 2.24) is 19.9 Å². The Hall–Kier alpha value is -3.28. The van der Waals surface area contributed by atoms with Crippen molar-refractivity contribution in [1.29, 1.82) is 0 Å². The lowest BCUT2D eigenvalue weighted by Crippen LogP contribution is -2.49. The molecule has 28 heavy (non-hydrogen) atoms. The summed E-state index contributed by atoms with van der Waals surface area (Å²) in [4.78, 5) is 30.2. The normalized spacial score (nSPS) is 14.2. The van der Waals surface area contributed by atoms with Crippen molar-refractivity contribution >= 4 is 11.9 Å². The lowest BCUT2D eigenvalue weighted by molar-refractivity contribution is 0.0746. The summed E-state index contributed by atoms with van der Waals surface area (Å²) >= 11 is 0. The van der Waals surface area contributed by atoms with Gasteiger partial charge >= 0.3 is 0 Å². The summed E-state index contributed by atoms with van der Waals surface area (Å²) in [6.45, 7) is 6.77. The van der Waals surface area contributed by atoms with Gasteiger partial charge in [0.05, 0.1) is 0 Å². The molecular weight excluding hydrogens is 350 g/mol. The average molecular weight is 373 g/mol. The number of anilines is 1. The molecule has 1 saturated heterocycles. The summed E-state index contributed by atoms with van der Waals surface area (Å²) in [5.41, 5.74) is 4.76. The summed E-state index contributed by atoms with van der Waals surface area (Å²) in [5, 5.41) is 0. The Morgan fingerprint density at radius 2 is 1.68 bits per heavy atom. The van der Waals surface area contributed by atoms with Gasteiger partial charge in [-0.25, -0.2) is 9.97 Å². The molecule has 1 aliphatic rings. The first-order valence-corrected chi connectivity index (χ1v) is 9.48. The third kappa shape index (κ3) is 3.71. The van der Waals surface area contributed by atoms with Crippen LogP contribution in [0.4, 0.5) is 5.95 Å². The first kappa shape index (κ1) is 18.1. The van der Waals surface area contributed by atoms with Gasteiger partial charge in [0.25, 0.3) is 5.91 Å². The first-order chi connectivity index (χ1) is 13.6. The van der Waals surface area contributed by atoms with E-state index in [0.717, 1.165) is 41.6 Å². The van der Waals surface area contributed by atoms with Gasteiger partial charge in [-0.3, -0.25) is 9.78 Å². The van der Waals surface area contributed by atoms with Crippen LogP contribution in [0.15, 0.2) is 54.9 Å². The zero-order valence-electron chi connectivity index (χ0n) is 16.2. The predicted octanol–water partition coefficient (Wildman–Crippen LogP) is 3.12. The van der Waals surface area contributed by atoms with E-state index in [0.29, 0.717) is 18.7 Å². The molecular formula is C22H23N5O. The highest BCUT2D eigenvalue weighted by molar-refractivity contribution is 5.95. The second-order valence-corrected chi connectivity index (χ2v) is 6.99. The highest BCUT2D eigenvalue weighted by Gasteiger charge is 2.23. The second-order valence-electron chi connectivity index (χ2n) is 6.99. The largest absolute Gasteiger partial charge is 0.337 e. The Morgan fingerprint density at radius 1 is 0.929 bits per heavy atom. The fourth-order valence-corrected chi connectivity index (χ4v) is 3.56. The van der Waals surface area contributed by atoms with Crippen LogP contribution in [0.2, 0.25) is 0 Å². The van der Waals surface area contributed by atoms with Crippen LogP contribution < -0.4 is 4.90 Å². The Balaban J connectivity index is 1.48. The summed E-state index contributed by atoms with van der Waals surface area (Å²) in [7, 11) is 0. The number of pyridine rings is 1. The zero-order valence-corrected chi connectivity index (χ0v) is 16.2. The average Bonchev–Trinajstić information content (AvgIpc) is 2.74. The standard InChI is InChI=1S/C22H23N5O/c1-16-7-8-20(17(2)25-16)18-5-3-6-19(15-18)21(28)26-11-13-27(14-12-26)22-23-9-4-10-24-22/h3-10,15H,11-14H2,1-2H3. The van der Waals surface area contributed by atoms with Crippen LogP contribution in [0, 0.1) is 13.8 Å². The fraction of sp³-hybridized carbons (Fsp3) is 0.273. The first-order valence-electron chi connectivity index (χ1n) is 9.48. The Labute approximate surface area is 164 Å². The maximum Gasteiger partial charge on any atom is 0.253 e. The highest BCUT2D eigenvalue weighted by Crippen LogP contribution is 2.24. The SMILES string of the molecule is Cc1ccc(-c2cccc(C(=O)N3CCN(c4ncccn4)CC3)c2)c(C)n1. The molecule has 0 spiro atoms. The number of carbonyl (C=O) groups is 1. The van der Waals surface area contributed by atoms with Gasteiger partial charge in [-0.1, -0.05) is 18.2 Å². The molecule has 1 amide bonds. The van der Waals surface area contributed by atoms with Gasteiger partial charge in [-0.2, -0.15) is 0 Å². The van der Waals surface area contributed by atoms with Crippen molar-refractivity contribution in [2.75, 3.05) is 31.1 Å². The molecule has 1 fully saturated rings. The van der Waals surface area contributed by atoms with E-state index >= 15 is 0 Å². The van der Waals surface area contributed by atoms with E-state index < -0.39 is 0 Å². The third-order valence-corrected chi connectivity index (χ3v) is 5.05. The smallest absolute Gasteiger partial charge is 0.253 e. The maximum atomic E-state index is 13.0. The van der Waals surface area contributed by atoms with E-state index in [1.807, 2.05) is 55.1 Å². The number of hydrogen-bond acceptors (Lipinski definition) is 5. The molecule has 1 aliphatic heterocycles. The third-order valence-electron chi connectivity index (χ3n) is 5.05. The Morgan fingerprint density at radius 3 is 2.39 bits per heavy atom. The van der Waals surface area contributed by atoms with Crippen LogP contribution in [0.3, 0.4) is 0 Å². The highest BCUT2D eigenvalue weighted by atomic mass is 16.2. The van der Waals surface area contributed by atoms with Crippen LogP contribution in [0.25, 0.3) is 11.1 Å². The molecule has 0 bridgehead atoms. The van der Waals surface area contributed by atoms with Crippen LogP contribution in [-0.2, 0) is 0 Å². The zero-order chi connectivity index (χ0) is 19.5. The lowest BCUT2D eigenvalue weighted by Gasteiger charge is -2.34. The molecule has 0 atom stereocenters. The van der Waals surface area contributed by atoms with E-state index in [-0.39, 0.29) is 5.91 Å². The van der Waals surface area contributed by atoms with E-state index in [1.54, 1.807) is 12.4 Å². The summed E-state index contributed by atoms with van der Waals surface area (Å²) in [6.07, 6.45) is 3.49. The lowest BCUT2D eigenvalue weighted by atomic mass is 10.0. The fourth-order valence-electron chi connectivity index (χ4n) is 3.56. The molecule has 0 N–H and O–H groups in total. The molecule has 6 heteroatoms. The van der Waals surface area contributed by atoms with Crippen molar-refractivity contribution < 1.29 is 4.79 Å². The molecule has 0 radical (unpaired) electrons. The van der Waals surface area contributed by atoms with Crippen LogP contribution >= 0.6 is 0 Å². The van der Waals surface area contributed by atoms with Crippen molar-refractivity contribution in [2.45, 2.75) is 13.8 Å². The van der Waals surface area contributed by atoms with Gasteiger partial charge in [-0.15, -0.1) is 0 Å². The number of aryl methyl sites for hydroxylation is 2. The van der Waals surface area contributed by atoms with Gasteiger partial charge in [-0.05, 0) is 43.7 Å². The van der Waals surface area contributed by atoms with Crippen molar-refractivity contribution in [3.63, 3.8) is 0 Å². The Kier molecular flexibility index (Phi) is 5.02. The van der Waals surface area contributed by atoms with Gasteiger partial charge < -0.3 is 9.80 Å². The number of amides is 1. The van der Waals surface area contributed by atoms with Crippen LogP contribution in [0.1, 0.15) is 21.7 Å². The quantitative estimate of drug-likeness (QED) is 0.706. The number of piperazine rings is 1. The van der Waals surface area contributed by atoms with E-state index in [1.165, 1.54) is 0 Å². The molecule has 3 aromatic rings.